The molecule has 0 radical (unpaired) electrons. The molecule has 0 N–H and O–H groups in total. The summed E-state index contributed by atoms with van der Waals surface area (Å²) in [5, 5.41) is 0. The average molecular weight is 343 g/mol. The standard InChI is InChI=1S/C16H17F4N3O/c1-4-23(12-7-5-11(17)6-8-12)15-21-9-13(16(18,19)20)14(22-15)24-10(2)3/h5-10H,4H2,1-3H3. The summed E-state index contributed by atoms with van der Waals surface area (Å²) in [6.07, 6.45) is -4.39. The van der Waals surface area contributed by atoms with Crippen molar-refractivity contribution in [1.29, 1.82) is 0 Å². The van der Waals surface area contributed by atoms with Crippen LogP contribution in [0.4, 0.5) is 29.2 Å². The Kier molecular flexibility index (Phi) is 5.26. The van der Waals surface area contributed by atoms with Crippen LogP contribution in [0.25, 0.3) is 0 Å². The topological polar surface area (TPSA) is 38.2 Å². The summed E-state index contributed by atoms with van der Waals surface area (Å²) in [5.74, 6) is -0.886. The van der Waals surface area contributed by atoms with Crippen molar-refractivity contribution in [3.63, 3.8) is 0 Å². The molecule has 0 aliphatic carbocycles. The Labute approximate surface area is 137 Å². The largest absolute Gasteiger partial charge is 0.474 e. The van der Waals surface area contributed by atoms with Crippen LogP contribution in [0.3, 0.4) is 0 Å². The molecule has 0 aliphatic heterocycles. The van der Waals surface area contributed by atoms with Crippen LogP contribution in [0, 0.1) is 5.82 Å². The maximum atomic E-state index is 13.1. The van der Waals surface area contributed by atoms with Gasteiger partial charge in [0.05, 0.1) is 6.10 Å². The molecule has 0 aliphatic rings. The molecule has 8 heteroatoms. The first-order valence-corrected chi connectivity index (χ1v) is 7.36. The van der Waals surface area contributed by atoms with Crippen LogP contribution >= 0.6 is 0 Å². The maximum absolute atomic E-state index is 13.1. The van der Waals surface area contributed by atoms with Crippen molar-refractivity contribution < 1.29 is 22.3 Å². The third-order valence-corrected chi connectivity index (χ3v) is 3.09. The predicted octanol–water partition coefficient (Wildman–Crippen LogP) is 4.58. The average Bonchev–Trinajstić information content (AvgIpc) is 2.48. The monoisotopic (exact) mass is 343 g/mol. The maximum Gasteiger partial charge on any atom is 0.423 e. The van der Waals surface area contributed by atoms with Gasteiger partial charge >= 0.3 is 6.18 Å². The highest BCUT2D eigenvalue weighted by atomic mass is 19.4. The zero-order valence-electron chi connectivity index (χ0n) is 13.4. The number of hydrogen-bond donors (Lipinski definition) is 0. The summed E-state index contributed by atoms with van der Waals surface area (Å²) < 4.78 is 57.5. The Morgan fingerprint density at radius 3 is 2.29 bits per heavy atom. The van der Waals surface area contributed by atoms with E-state index in [2.05, 4.69) is 9.97 Å². The van der Waals surface area contributed by atoms with Crippen LogP contribution in [0.15, 0.2) is 30.5 Å². The van der Waals surface area contributed by atoms with Gasteiger partial charge in [0.1, 0.15) is 11.4 Å². The number of ether oxygens (including phenoxy) is 1. The Morgan fingerprint density at radius 2 is 1.79 bits per heavy atom. The molecule has 1 heterocycles. The Morgan fingerprint density at radius 1 is 1.17 bits per heavy atom. The highest BCUT2D eigenvalue weighted by Crippen LogP contribution is 2.36. The molecule has 0 atom stereocenters. The van der Waals surface area contributed by atoms with Crippen molar-refractivity contribution in [2.75, 3.05) is 11.4 Å². The van der Waals surface area contributed by atoms with Crippen molar-refractivity contribution in [1.82, 2.24) is 9.97 Å². The molecule has 0 fully saturated rings. The molecule has 4 nitrogen and oxygen atoms in total. The lowest BCUT2D eigenvalue weighted by atomic mass is 10.3. The van der Waals surface area contributed by atoms with E-state index in [4.69, 9.17) is 4.74 Å². The van der Waals surface area contributed by atoms with Gasteiger partial charge < -0.3 is 9.64 Å². The van der Waals surface area contributed by atoms with Crippen molar-refractivity contribution in [3.05, 3.63) is 41.8 Å². The van der Waals surface area contributed by atoms with Crippen LogP contribution in [0.2, 0.25) is 0 Å². The third kappa shape index (κ3) is 4.12. The second kappa shape index (κ2) is 7.02. The normalized spacial score (nSPS) is 11.7. The van der Waals surface area contributed by atoms with Gasteiger partial charge in [-0.3, -0.25) is 0 Å². The summed E-state index contributed by atoms with van der Waals surface area (Å²) in [5.41, 5.74) is -0.468. The van der Waals surface area contributed by atoms with E-state index in [-0.39, 0.29) is 5.95 Å². The smallest absolute Gasteiger partial charge is 0.423 e. The number of alkyl halides is 3. The van der Waals surface area contributed by atoms with Gasteiger partial charge in [0, 0.05) is 18.4 Å². The molecule has 2 rings (SSSR count). The Balaban J connectivity index is 2.47. The zero-order chi connectivity index (χ0) is 17.9. The lowest BCUT2D eigenvalue weighted by Crippen LogP contribution is -2.21. The van der Waals surface area contributed by atoms with Gasteiger partial charge in [-0.25, -0.2) is 9.37 Å². The first kappa shape index (κ1) is 18.0. The van der Waals surface area contributed by atoms with Gasteiger partial charge in [0.15, 0.2) is 0 Å². The minimum absolute atomic E-state index is 0.0489. The molecule has 0 bridgehead atoms. The highest BCUT2D eigenvalue weighted by molar-refractivity contribution is 5.57. The molecule has 1 aromatic heterocycles. The molecule has 0 spiro atoms. The van der Waals surface area contributed by atoms with Gasteiger partial charge in [-0.15, -0.1) is 0 Å². The fourth-order valence-electron chi connectivity index (χ4n) is 2.06. The Bertz CT molecular complexity index is 687. The molecule has 24 heavy (non-hydrogen) atoms. The van der Waals surface area contributed by atoms with Crippen LogP contribution < -0.4 is 9.64 Å². The fraction of sp³-hybridized carbons (Fsp3) is 0.375. The Hall–Kier alpha value is -2.38. The van der Waals surface area contributed by atoms with Gasteiger partial charge in [-0.1, -0.05) is 0 Å². The van der Waals surface area contributed by atoms with Crippen molar-refractivity contribution in [2.45, 2.75) is 33.1 Å². The van der Waals surface area contributed by atoms with E-state index in [0.29, 0.717) is 18.4 Å². The van der Waals surface area contributed by atoms with Gasteiger partial charge in [-0.05, 0) is 45.0 Å². The van der Waals surface area contributed by atoms with Crippen molar-refractivity contribution in [3.8, 4) is 5.88 Å². The summed E-state index contributed by atoms with van der Waals surface area (Å²) in [6, 6.07) is 5.52. The number of hydrogen-bond acceptors (Lipinski definition) is 4. The fourth-order valence-corrected chi connectivity index (χ4v) is 2.06. The molecule has 0 unspecified atom stereocenters. The first-order valence-electron chi connectivity index (χ1n) is 7.36. The molecular weight excluding hydrogens is 326 g/mol. The van der Waals surface area contributed by atoms with E-state index in [1.807, 2.05) is 0 Å². The van der Waals surface area contributed by atoms with Crippen molar-refractivity contribution in [2.24, 2.45) is 0 Å². The molecule has 130 valence electrons. The second-order valence-electron chi connectivity index (χ2n) is 5.27. The number of aromatic nitrogens is 2. The van der Waals surface area contributed by atoms with E-state index in [1.165, 1.54) is 24.3 Å². The number of rotatable bonds is 5. The number of nitrogens with zero attached hydrogens (tertiary/aromatic N) is 3. The number of anilines is 2. The minimum Gasteiger partial charge on any atom is -0.474 e. The molecule has 0 amide bonds. The van der Waals surface area contributed by atoms with Gasteiger partial charge in [-0.2, -0.15) is 18.2 Å². The molecule has 0 saturated heterocycles. The first-order chi connectivity index (χ1) is 11.2. The van der Waals surface area contributed by atoms with Gasteiger partial charge in [0.25, 0.3) is 0 Å². The van der Waals surface area contributed by atoms with Crippen LogP contribution in [0.1, 0.15) is 26.3 Å². The summed E-state index contributed by atoms with van der Waals surface area (Å²) in [7, 11) is 0. The van der Waals surface area contributed by atoms with Crippen LogP contribution in [-0.4, -0.2) is 22.6 Å². The van der Waals surface area contributed by atoms with E-state index in [9.17, 15) is 17.6 Å². The minimum atomic E-state index is -4.62. The summed E-state index contributed by atoms with van der Waals surface area (Å²) in [6.45, 7) is 5.39. The van der Waals surface area contributed by atoms with E-state index in [1.54, 1.807) is 25.7 Å². The lowest BCUT2D eigenvalue weighted by Gasteiger charge is -2.23. The molecular formula is C16H17F4N3O. The van der Waals surface area contributed by atoms with Crippen molar-refractivity contribution >= 4 is 11.6 Å². The SMILES string of the molecule is CCN(c1ccc(F)cc1)c1ncc(C(F)(F)F)c(OC(C)C)n1. The second-order valence-corrected chi connectivity index (χ2v) is 5.27. The lowest BCUT2D eigenvalue weighted by molar-refractivity contribution is -0.139. The highest BCUT2D eigenvalue weighted by Gasteiger charge is 2.37. The molecule has 2 aromatic rings. The summed E-state index contributed by atoms with van der Waals surface area (Å²) >= 11 is 0. The number of benzene rings is 1. The quantitative estimate of drug-likeness (QED) is 0.745. The van der Waals surface area contributed by atoms with E-state index < -0.39 is 29.5 Å². The third-order valence-electron chi connectivity index (χ3n) is 3.09. The summed E-state index contributed by atoms with van der Waals surface area (Å²) in [4.78, 5) is 9.29. The van der Waals surface area contributed by atoms with E-state index >= 15 is 0 Å². The van der Waals surface area contributed by atoms with E-state index in [0.717, 1.165) is 0 Å². The number of halogens is 4. The predicted molar refractivity (Wildman–Crippen MR) is 81.9 cm³/mol. The molecule has 1 aromatic carbocycles. The van der Waals surface area contributed by atoms with Gasteiger partial charge in [0.2, 0.25) is 11.8 Å². The molecule has 0 saturated carbocycles. The zero-order valence-corrected chi connectivity index (χ0v) is 13.4. The van der Waals surface area contributed by atoms with Crippen LogP contribution in [0.5, 0.6) is 5.88 Å². The van der Waals surface area contributed by atoms with Crippen LogP contribution in [-0.2, 0) is 6.18 Å².